The van der Waals surface area contributed by atoms with Crippen LogP contribution >= 0.6 is 11.8 Å². The minimum absolute atomic E-state index is 0.251. The second kappa shape index (κ2) is 9.40. The van der Waals surface area contributed by atoms with E-state index >= 15 is 0 Å². The lowest BCUT2D eigenvalue weighted by Crippen LogP contribution is -2.49. The Labute approximate surface area is 185 Å². The molecule has 0 bridgehead atoms. The number of rotatable bonds is 6. The number of aliphatic hydroxyl groups excluding tert-OH is 1. The number of aliphatic hydroxyl groups is 1. The highest BCUT2D eigenvalue weighted by atomic mass is 32.2. The molecule has 168 valence electrons. The molecule has 2 aliphatic rings. The Bertz CT molecular complexity index is 900. The fourth-order valence-corrected chi connectivity index (χ4v) is 5.36. The molecule has 1 saturated heterocycles. The van der Waals surface area contributed by atoms with E-state index in [-0.39, 0.29) is 6.54 Å². The number of benzene rings is 2. The van der Waals surface area contributed by atoms with E-state index in [4.69, 9.17) is 0 Å². The Kier molecular flexibility index (Phi) is 6.81. The fraction of sp³-hybridized carbons (Fsp3) is 0.478. The minimum Gasteiger partial charge on any atom is -0.390 e. The molecule has 4 nitrogen and oxygen atoms in total. The molecule has 1 atom stereocenters. The molecule has 0 aliphatic carbocycles. The zero-order valence-electron chi connectivity index (χ0n) is 17.6. The summed E-state index contributed by atoms with van der Waals surface area (Å²) in [5.41, 5.74) is 0.675. The van der Waals surface area contributed by atoms with Gasteiger partial charge < -0.3 is 14.9 Å². The topological polar surface area (TPSA) is 30.0 Å². The zero-order valence-corrected chi connectivity index (χ0v) is 18.4. The summed E-state index contributed by atoms with van der Waals surface area (Å²) >= 11 is 1.47. The monoisotopic (exact) mass is 451 g/mol. The van der Waals surface area contributed by atoms with Gasteiger partial charge in [0.1, 0.15) is 0 Å². The normalized spacial score (nSPS) is 18.5. The van der Waals surface area contributed by atoms with Gasteiger partial charge in [-0.25, -0.2) is 0 Å². The van der Waals surface area contributed by atoms with Gasteiger partial charge in [-0.1, -0.05) is 30.8 Å². The zero-order chi connectivity index (χ0) is 22.0. The molecule has 1 fully saturated rings. The van der Waals surface area contributed by atoms with Crippen LogP contribution in [0, 0.1) is 0 Å². The van der Waals surface area contributed by atoms with Gasteiger partial charge >= 0.3 is 6.18 Å². The number of β-amino-alcohol motifs (C(OH)–C–C–N with tert-alkyl or cyclic N) is 1. The molecule has 2 heterocycles. The summed E-state index contributed by atoms with van der Waals surface area (Å²) in [5.74, 6) is 0. The van der Waals surface area contributed by atoms with Crippen LogP contribution in [0.25, 0.3) is 0 Å². The quantitative estimate of drug-likeness (QED) is 0.688. The second-order valence-corrected chi connectivity index (χ2v) is 9.24. The molecule has 0 aromatic heterocycles. The van der Waals surface area contributed by atoms with Gasteiger partial charge in [-0.15, -0.1) is 0 Å². The Morgan fingerprint density at radius 3 is 2.32 bits per heavy atom. The van der Waals surface area contributed by atoms with Crippen molar-refractivity contribution in [2.45, 2.75) is 35.4 Å². The molecule has 0 spiro atoms. The van der Waals surface area contributed by atoms with Gasteiger partial charge in [-0.2, -0.15) is 13.2 Å². The molecule has 31 heavy (non-hydrogen) atoms. The molecule has 4 rings (SSSR count). The summed E-state index contributed by atoms with van der Waals surface area (Å²) in [7, 11) is 0. The van der Waals surface area contributed by atoms with Crippen molar-refractivity contribution in [3.8, 4) is 0 Å². The Balaban J connectivity index is 1.52. The first-order valence-corrected chi connectivity index (χ1v) is 11.5. The van der Waals surface area contributed by atoms with Crippen LogP contribution in [0.1, 0.15) is 18.9 Å². The number of para-hydroxylation sites is 1. The first kappa shape index (κ1) is 22.5. The van der Waals surface area contributed by atoms with Gasteiger partial charge in [0.2, 0.25) is 0 Å². The van der Waals surface area contributed by atoms with E-state index in [9.17, 15) is 18.3 Å². The molecule has 2 aromatic carbocycles. The summed E-state index contributed by atoms with van der Waals surface area (Å²) < 4.78 is 40.1. The summed E-state index contributed by atoms with van der Waals surface area (Å²) in [6.45, 7) is 7.81. The van der Waals surface area contributed by atoms with Crippen LogP contribution in [0.2, 0.25) is 0 Å². The molecule has 0 saturated carbocycles. The Morgan fingerprint density at radius 2 is 1.61 bits per heavy atom. The van der Waals surface area contributed by atoms with Crippen molar-refractivity contribution >= 4 is 23.1 Å². The summed E-state index contributed by atoms with van der Waals surface area (Å²) in [6.07, 6.45) is -3.94. The maximum absolute atomic E-state index is 13.4. The Hall–Kier alpha value is -1.74. The smallest absolute Gasteiger partial charge is 0.390 e. The maximum atomic E-state index is 13.4. The lowest BCUT2D eigenvalue weighted by Gasteiger charge is -2.38. The molecular weight excluding hydrogens is 423 g/mol. The van der Waals surface area contributed by atoms with Gasteiger partial charge in [-0.3, -0.25) is 4.90 Å². The van der Waals surface area contributed by atoms with Crippen LogP contribution in [0.5, 0.6) is 0 Å². The predicted molar refractivity (Wildman–Crippen MR) is 118 cm³/mol. The molecule has 0 amide bonds. The maximum Gasteiger partial charge on any atom is 0.416 e. The lowest BCUT2D eigenvalue weighted by molar-refractivity contribution is -0.137. The molecule has 2 aromatic rings. The highest BCUT2D eigenvalue weighted by Gasteiger charge is 2.34. The molecule has 8 heteroatoms. The van der Waals surface area contributed by atoms with E-state index in [0.29, 0.717) is 12.2 Å². The lowest BCUT2D eigenvalue weighted by atomic mass is 10.1. The van der Waals surface area contributed by atoms with Crippen LogP contribution < -0.4 is 4.90 Å². The summed E-state index contributed by atoms with van der Waals surface area (Å²) in [6, 6.07) is 11.5. The first-order valence-electron chi connectivity index (χ1n) is 10.7. The van der Waals surface area contributed by atoms with E-state index in [1.54, 1.807) is 0 Å². The average molecular weight is 452 g/mol. The van der Waals surface area contributed by atoms with Gasteiger partial charge in [0.15, 0.2) is 0 Å². The second-order valence-electron chi connectivity index (χ2n) is 8.16. The average Bonchev–Trinajstić information content (AvgIpc) is 2.74. The molecular formula is C23H28F3N3OS. The standard InChI is InChI=1S/C23H28F3N3OS/c1-2-9-27-10-12-28(13-11-27)15-18(30)16-29-19-5-3-4-6-21(19)31-22-8-7-17(14-20(22)29)23(24,25)26/h3-8,14,18,30H,2,9-13,15-16H2,1H3. The van der Waals surface area contributed by atoms with Crippen LogP contribution in [0.4, 0.5) is 24.5 Å². The molecule has 2 aliphatic heterocycles. The number of piperazine rings is 1. The van der Waals surface area contributed by atoms with E-state index in [1.807, 2.05) is 29.2 Å². The third kappa shape index (κ3) is 5.19. The first-order chi connectivity index (χ1) is 14.8. The number of alkyl halides is 3. The van der Waals surface area contributed by atoms with Crippen LogP contribution in [-0.4, -0.2) is 66.8 Å². The number of hydrogen-bond acceptors (Lipinski definition) is 5. The van der Waals surface area contributed by atoms with Crippen molar-refractivity contribution < 1.29 is 18.3 Å². The van der Waals surface area contributed by atoms with E-state index in [2.05, 4.69) is 16.7 Å². The number of fused-ring (bicyclic) bond motifs is 2. The highest BCUT2D eigenvalue weighted by molar-refractivity contribution is 7.99. The van der Waals surface area contributed by atoms with Crippen molar-refractivity contribution in [1.29, 1.82) is 0 Å². The van der Waals surface area contributed by atoms with Gasteiger partial charge in [0.25, 0.3) is 0 Å². The number of nitrogens with zero attached hydrogens (tertiary/aromatic N) is 3. The third-order valence-corrected chi connectivity index (χ3v) is 6.95. The van der Waals surface area contributed by atoms with Crippen LogP contribution in [-0.2, 0) is 6.18 Å². The molecule has 1 unspecified atom stereocenters. The van der Waals surface area contributed by atoms with Crippen molar-refractivity contribution in [2.75, 3.05) is 50.7 Å². The van der Waals surface area contributed by atoms with E-state index in [0.717, 1.165) is 60.7 Å². The minimum atomic E-state index is -4.40. The largest absolute Gasteiger partial charge is 0.416 e. The van der Waals surface area contributed by atoms with Gasteiger partial charge in [0.05, 0.1) is 29.6 Å². The predicted octanol–water partition coefficient (Wildman–Crippen LogP) is 4.70. The van der Waals surface area contributed by atoms with Gasteiger partial charge in [0, 0.05) is 42.5 Å². The number of hydrogen-bond donors (Lipinski definition) is 1. The van der Waals surface area contributed by atoms with Crippen molar-refractivity contribution in [1.82, 2.24) is 9.80 Å². The van der Waals surface area contributed by atoms with Crippen molar-refractivity contribution in [3.05, 3.63) is 48.0 Å². The third-order valence-electron chi connectivity index (χ3n) is 5.82. The van der Waals surface area contributed by atoms with Crippen LogP contribution in [0.15, 0.2) is 52.3 Å². The fourth-order valence-electron chi connectivity index (χ4n) is 4.28. The summed E-state index contributed by atoms with van der Waals surface area (Å²) in [4.78, 5) is 8.26. The molecule has 1 N–H and O–H groups in total. The summed E-state index contributed by atoms with van der Waals surface area (Å²) in [5, 5.41) is 10.9. The van der Waals surface area contributed by atoms with Crippen LogP contribution in [0.3, 0.4) is 0 Å². The van der Waals surface area contributed by atoms with E-state index in [1.165, 1.54) is 23.9 Å². The number of halogens is 3. The highest BCUT2D eigenvalue weighted by Crippen LogP contribution is 2.49. The number of anilines is 2. The SMILES string of the molecule is CCCN1CCN(CC(O)CN2c3ccccc3Sc3ccc(C(F)(F)F)cc32)CC1. The van der Waals surface area contributed by atoms with E-state index < -0.39 is 17.8 Å². The van der Waals surface area contributed by atoms with Crippen molar-refractivity contribution in [3.63, 3.8) is 0 Å². The Morgan fingerprint density at radius 1 is 0.935 bits per heavy atom. The van der Waals surface area contributed by atoms with Gasteiger partial charge in [-0.05, 0) is 43.3 Å². The molecule has 0 radical (unpaired) electrons. The van der Waals surface area contributed by atoms with Crippen molar-refractivity contribution in [2.24, 2.45) is 0 Å².